The zero-order chi connectivity index (χ0) is 14.9. The van der Waals surface area contributed by atoms with Crippen molar-refractivity contribution in [1.82, 2.24) is 19.4 Å². The summed E-state index contributed by atoms with van der Waals surface area (Å²) in [6.07, 6.45) is 2.03. The second-order valence-electron chi connectivity index (χ2n) is 5.12. The summed E-state index contributed by atoms with van der Waals surface area (Å²) >= 11 is 3.47. The van der Waals surface area contributed by atoms with Gasteiger partial charge in [-0.1, -0.05) is 0 Å². The fraction of sp³-hybridized carbons (Fsp3) is 0.429. The SMILES string of the molecule is Cc1cc(=O)[nH]c(C(C)N(C)Cc2cc(Br)cn2C)n1. The molecule has 0 radical (unpaired) electrons. The number of halogens is 1. The highest BCUT2D eigenvalue weighted by molar-refractivity contribution is 9.10. The van der Waals surface area contributed by atoms with Gasteiger partial charge < -0.3 is 9.55 Å². The van der Waals surface area contributed by atoms with E-state index in [1.54, 1.807) is 0 Å². The zero-order valence-electron chi connectivity index (χ0n) is 12.1. The smallest absolute Gasteiger partial charge is 0.251 e. The molecule has 0 spiro atoms. The first-order chi connectivity index (χ1) is 9.36. The maximum atomic E-state index is 11.5. The second-order valence-corrected chi connectivity index (χ2v) is 6.04. The van der Waals surface area contributed by atoms with E-state index in [0.717, 1.165) is 16.7 Å². The van der Waals surface area contributed by atoms with Gasteiger partial charge in [0.2, 0.25) is 0 Å². The normalized spacial score (nSPS) is 12.9. The molecule has 1 N–H and O–H groups in total. The number of nitrogens with zero attached hydrogens (tertiary/aromatic N) is 3. The number of aromatic nitrogens is 3. The lowest BCUT2D eigenvalue weighted by atomic mass is 10.2. The Hall–Kier alpha value is -1.40. The highest BCUT2D eigenvalue weighted by atomic mass is 79.9. The van der Waals surface area contributed by atoms with E-state index in [2.05, 4.69) is 41.4 Å². The molecule has 0 saturated carbocycles. The van der Waals surface area contributed by atoms with Gasteiger partial charge in [0.15, 0.2) is 0 Å². The standard InChI is InChI=1S/C14H19BrN4O/c1-9-5-13(20)17-14(16-9)10(2)18(3)8-12-6-11(15)7-19(12)4/h5-7,10H,8H2,1-4H3,(H,16,17,20). The van der Waals surface area contributed by atoms with Crippen LogP contribution in [0.2, 0.25) is 0 Å². The van der Waals surface area contributed by atoms with Gasteiger partial charge >= 0.3 is 0 Å². The highest BCUT2D eigenvalue weighted by Crippen LogP contribution is 2.19. The largest absolute Gasteiger partial charge is 0.352 e. The molecule has 0 amide bonds. The van der Waals surface area contributed by atoms with E-state index in [0.29, 0.717) is 5.82 Å². The predicted octanol–water partition coefficient (Wildman–Crippen LogP) is 2.37. The summed E-state index contributed by atoms with van der Waals surface area (Å²) in [5.41, 5.74) is 1.83. The molecule has 2 rings (SSSR count). The van der Waals surface area contributed by atoms with Gasteiger partial charge in [0.05, 0.1) is 6.04 Å². The summed E-state index contributed by atoms with van der Waals surface area (Å²) in [6, 6.07) is 3.64. The molecule has 0 saturated heterocycles. The Bertz CT molecular complexity index is 661. The lowest BCUT2D eigenvalue weighted by Gasteiger charge is -2.24. The maximum absolute atomic E-state index is 11.5. The van der Waals surface area contributed by atoms with Crippen molar-refractivity contribution in [3.8, 4) is 0 Å². The third-order valence-electron chi connectivity index (χ3n) is 3.43. The lowest BCUT2D eigenvalue weighted by molar-refractivity contribution is 0.238. The Balaban J connectivity index is 2.18. The summed E-state index contributed by atoms with van der Waals surface area (Å²) in [5, 5.41) is 0. The molecule has 2 aromatic rings. The van der Waals surface area contributed by atoms with Gasteiger partial charge in [-0.25, -0.2) is 4.98 Å². The van der Waals surface area contributed by atoms with Crippen molar-refractivity contribution in [1.29, 1.82) is 0 Å². The minimum atomic E-state index is -0.102. The van der Waals surface area contributed by atoms with E-state index in [9.17, 15) is 4.79 Å². The molecule has 1 atom stereocenters. The fourth-order valence-corrected chi connectivity index (χ4v) is 2.70. The van der Waals surface area contributed by atoms with Gasteiger partial charge in [0.25, 0.3) is 5.56 Å². The van der Waals surface area contributed by atoms with Crippen molar-refractivity contribution >= 4 is 15.9 Å². The van der Waals surface area contributed by atoms with E-state index < -0.39 is 0 Å². The van der Waals surface area contributed by atoms with Gasteiger partial charge in [-0.3, -0.25) is 9.69 Å². The molecule has 6 heteroatoms. The van der Waals surface area contributed by atoms with Crippen molar-refractivity contribution in [3.63, 3.8) is 0 Å². The average Bonchev–Trinajstić information content (AvgIpc) is 2.65. The van der Waals surface area contributed by atoms with Crippen LogP contribution in [0.4, 0.5) is 0 Å². The van der Waals surface area contributed by atoms with Gasteiger partial charge in [-0.15, -0.1) is 0 Å². The molecule has 0 fully saturated rings. The Kier molecular flexibility index (Phi) is 4.45. The van der Waals surface area contributed by atoms with Gasteiger partial charge in [-0.05, 0) is 42.9 Å². The van der Waals surface area contributed by atoms with Crippen LogP contribution in [0.15, 0.2) is 27.6 Å². The molecular formula is C14H19BrN4O. The van der Waals surface area contributed by atoms with Crippen LogP contribution < -0.4 is 5.56 Å². The number of rotatable bonds is 4. The zero-order valence-corrected chi connectivity index (χ0v) is 13.7. The number of nitrogens with one attached hydrogen (secondary N) is 1. The minimum Gasteiger partial charge on any atom is -0.352 e. The van der Waals surface area contributed by atoms with Crippen molar-refractivity contribution in [2.24, 2.45) is 7.05 Å². The lowest BCUT2D eigenvalue weighted by Crippen LogP contribution is -2.26. The second kappa shape index (κ2) is 5.93. The van der Waals surface area contributed by atoms with Crippen molar-refractivity contribution < 1.29 is 0 Å². The fourth-order valence-electron chi connectivity index (χ4n) is 2.12. The molecule has 0 aliphatic heterocycles. The first-order valence-electron chi connectivity index (χ1n) is 6.45. The number of aryl methyl sites for hydroxylation is 2. The van der Waals surface area contributed by atoms with E-state index in [4.69, 9.17) is 0 Å². The molecule has 2 heterocycles. The van der Waals surface area contributed by atoms with Crippen LogP contribution in [0.5, 0.6) is 0 Å². The summed E-state index contributed by atoms with van der Waals surface area (Å²) in [6.45, 7) is 4.65. The number of H-pyrrole nitrogens is 1. The topological polar surface area (TPSA) is 53.9 Å². The summed E-state index contributed by atoms with van der Waals surface area (Å²) in [5.74, 6) is 0.700. The minimum absolute atomic E-state index is 0.0382. The van der Waals surface area contributed by atoms with Crippen molar-refractivity contribution in [2.45, 2.75) is 26.4 Å². The predicted molar refractivity (Wildman–Crippen MR) is 82.6 cm³/mol. The van der Waals surface area contributed by atoms with Crippen LogP contribution in [0.1, 0.15) is 30.2 Å². The van der Waals surface area contributed by atoms with Gasteiger partial charge in [0, 0.05) is 41.7 Å². The molecule has 1 unspecified atom stereocenters. The van der Waals surface area contributed by atoms with Crippen LogP contribution in [0.3, 0.4) is 0 Å². The molecule has 2 aromatic heterocycles. The van der Waals surface area contributed by atoms with E-state index in [1.807, 2.05) is 34.1 Å². The summed E-state index contributed by atoms with van der Waals surface area (Å²) in [7, 11) is 4.04. The molecule has 20 heavy (non-hydrogen) atoms. The molecule has 5 nitrogen and oxygen atoms in total. The van der Waals surface area contributed by atoms with Crippen LogP contribution in [0, 0.1) is 6.92 Å². The van der Waals surface area contributed by atoms with E-state index in [-0.39, 0.29) is 11.6 Å². The molecular weight excluding hydrogens is 320 g/mol. The Morgan fingerprint density at radius 2 is 2.20 bits per heavy atom. The third kappa shape index (κ3) is 3.37. The van der Waals surface area contributed by atoms with Crippen molar-refractivity contribution in [2.75, 3.05) is 7.05 Å². The van der Waals surface area contributed by atoms with Crippen LogP contribution >= 0.6 is 15.9 Å². The van der Waals surface area contributed by atoms with E-state index >= 15 is 0 Å². The average molecular weight is 339 g/mol. The van der Waals surface area contributed by atoms with Crippen LogP contribution in [-0.2, 0) is 13.6 Å². The van der Waals surface area contributed by atoms with Gasteiger partial charge in [-0.2, -0.15) is 0 Å². The molecule has 0 bridgehead atoms. The number of hydrogen-bond acceptors (Lipinski definition) is 3. The summed E-state index contributed by atoms with van der Waals surface area (Å²) in [4.78, 5) is 20.9. The first-order valence-corrected chi connectivity index (χ1v) is 7.25. The van der Waals surface area contributed by atoms with Crippen molar-refractivity contribution in [3.05, 3.63) is 50.4 Å². The third-order valence-corrected chi connectivity index (χ3v) is 3.86. The molecule has 0 aromatic carbocycles. The number of aromatic amines is 1. The Morgan fingerprint density at radius 3 is 2.75 bits per heavy atom. The van der Waals surface area contributed by atoms with E-state index in [1.165, 1.54) is 11.8 Å². The quantitative estimate of drug-likeness (QED) is 0.931. The molecule has 108 valence electrons. The Morgan fingerprint density at radius 1 is 1.50 bits per heavy atom. The van der Waals surface area contributed by atoms with Crippen LogP contribution in [0.25, 0.3) is 0 Å². The Labute approximate surface area is 126 Å². The summed E-state index contributed by atoms with van der Waals surface area (Å²) < 4.78 is 3.15. The van der Waals surface area contributed by atoms with Crippen LogP contribution in [-0.4, -0.2) is 26.5 Å². The highest BCUT2D eigenvalue weighted by Gasteiger charge is 2.16. The monoisotopic (exact) mass is 338 g/mol. The maximum Gasteiger partial charge on any atom is 0.251 e. The molecule has 0 aliphatic carbocycles. The first kappa shape index (κ1) is 15.0. The number of hydrogen-bond donors (Lipinski definition) is 1. The molecule has 0 aliphatic rings. The van der Waals surface area contributed by atoms with Gasteiger partial charge in [0.1, 0.15) is 5.82 Å².